The van der Waals surface area contributed by atoms with Gasteiger partial charge in [0, 0.05) is 6.54 Å². The van der Waals surface area contributed by atoms with Crippen LogP contribution in [0.3, 0.4) is 0 Å². The van der Waals surface area contributed by atoms with Crippen molar-refractivity contribution in [3.05, 3.63) is 0 Å². The summed E-state index contributed by atoms with van der Waals surface area (Å²) in [5, 5.41) is 13.6. The summed E-state index contributed by atoms with van der Waals surface area (Å²) < 4.78 is 0. The second-order valence-electron chi connectivity index (χ2n) is 7.33. The topological polar surface area (TPSA) is 32.3 Å². The quantitative estimate of drug-likeness (QED) is 0.787. The van der Waals surface area contributed by atoms with Crippen LogP contribution in [0.5, 0.6) is 0 Å². The molecule has 4 aliphatic carbocycles. The van der Waals surface area contributed by atoms with Crippen LogP contribution in [-0.4, -0.2) is 24.3 Å². The molecule has 98 valence electrons. The highest BCUT2D eigenvalue weighted by atomic mass is 16.3. The first-order valence-electron chi connectivity index (χ1n) is 7.44. The molecular formula is C15H27NO. The third-order valence-corrected chi connectivity index (χ3v) is 5.66. The minimum atomic E-state index is -0.505. The van der Waals surface area contributed by atoms with Crippen molar-refractivity contribution in [2.24, 2.45) is 29.6 Å². The second kappa shape index (κ2) is 4.24. The van der Waals surface area contributed by atoms with Gasteiger partial charge in [-0.2, -0.15) is 0 Å². The first-order chi connectivity index (χ1) is 8.07. The number of aliphatic hydroxyl groups is 1. The van der Waals surface area contributed by atoms with E-state index in [4.69, 9.17) is 0 Å². The fraction of sp³-hybridized carbons (Fsp3) is 1.00. The molecule has 4 fully saturated rings. The average molecular weight is 237 g/mol. The maximum Gasteiger partial charge on any atom is 0.0746 e. The van der Waals surface area contributed by atoms with Gasteiger partial charge in [-0.3, -0.25) is 0 Å². The van der Waals surface area contributed by atoms with E-state index in [2.05, 4.69) is 5.32 Å². The molecule has 4 rings (SSSR count). The van der Waals surface area contributed by atoms with E-state index in [1.807, 2.05) is 14.0 Å². The molecule has 0 aromatic rings. The molecule has 1 unspecified atom stereocenters. The minimum absolute atomic E-state index is 0.505. The standard InChI is InChI=1S/C15H27NO/c1-15(17,9-16-2)8-14-12-4-10-3-11(6-12)7-13(14)5-10/h10-14,16-17H,3-9H2,1-2H3. The zero-order chi connectivity index (χ0) is 12.0. The molecular weight excluding hydrogens is 210 g/mol. The van der Waals surface area contributed by atoms with Crippen molar-refractivity contribution in [1.29, 1.82) is 0 Å². The van der Waals surface area contributed by atoms with Crippen molar-refractivity contribution in [2.45, 2.75) is 51.0 Å². The molecule has 2 N–H and O–H groups in total. The van der Waals surface area contributed by atoms with Gasteiger partial charge in [0.15, 0.2) is 0 Å². The lowest BCUT2D eigenvalue weighted by atomic mass is 9.50. The van der Waals surface area contributed by atoms with Crippen LogP contribution in [0.1, 0.15) is 45.4 Å². The summed E-state index contributed by atoms with van der Waals surface area (Å²) in [6.07, 6.45) is 8.40. The first-order valence-corrected chi connectivity index (χ1v) is 7.44. The van der Waals surface area contributed by atoms with Crippen LogP contribution in [0.4, 0.5) is 0 Å². The van der Waals surface area contributed by atoms with Gasteiger partial charge in [-0.25, -0.2) is 0 Å². The zero-order valence-electron chi connectivity index (χ0n) is 11.3. The highest BCUT2D eigenvalue weighted by molar-refractivity contribution is 4.99. The molecule has 2 nitrogen and oxygen atoms in total. The van der Waals surface area contributed by atoms with Gasteiger partial charge in [-0.05, 0) is 82.1 Å². The van der Waals surface area contributed by atoms with Crippen LogP contribution >= 0.6 is 0 Å². The van der Waals surface area contributed by atoms with Crippen molar-refractivity contribution in [2.75, 3.05) is 13.6 Å². The summed E-state index contributed by atoms with van der Waals surface area (Å²) in [5.74, 6) is 4.78. The average Bonchev–Trinajstić information content (AvgIpc) is 2.22. The Morgan fingerprint density at radius 2 is 1.59 bits per heavy atom. The van der Waals surface area contributed by atoms with E-state index in [0.29, 0.717) is 0 Å². The van der Waals surface area contributed by atoms with E-state index in [-0.39, 0.29) is 0 Å². The summed E-state index contributed by atoms with van der Waals surface area (Å²) in [5.41, 5.74) is -0.505. The maximum atomic E-state index is 10.4. The summed E-state index contributed by atoms with van der Waals surface area (Å²) >= 11 is 0. The largest absolute Gasteiger partial charge is 0.389 e. The van der Waals surface area contributed by atoms with E-state index in [1.165, 1.54) is 32.1 Å². The molecule has 2 heteroatoms. The van der Waals surface area contributed by atoms with E-state index < -0.39 is 5.60 Å². The van der Waals surface area contributed by atoms with Gasteiger partial charge in [-0.1, -0.05) is 0 Å². The van der Waals surface area contributed by atoms with Crippen molar-refractivity contribution in [3.8, 4) is 0 Å². The van der Waals surface area contributed by atoms with E-state index in [0.717, 1.165) is 42.6 Å². The van der Waals surface area contributed by atoms with E-state index in [1.54, 1.807) is 0 Å². The molecule has 4 aliphatic rings. The predicted octanol–water partition coefficient (Wildman–Crippen LogP) is 2.42. The lowest BCUT2D eigenvalue weighted by Gasteiger charge is -2.55. The molecule has 17 heavy (non-hydrogen) atoms. The van der Waals surface area contributed by atoms with Crippen LogP contribution in [0.2, 0.25) is 0 Å². The van der Waals surface area contributed by atoms with Crippen LogP contribution in [-0.2, 0) is 0 Å². The molecule has 0 amide bonds. The molecule has 0 heterocycles. The van der Waals surface area contributed by atoms with Crippen molar-refractivity contribution in [3.63, 3.8) is 0 Å². The molecule has 0 spiro atoms. The molecule has 4 saturated carbocycles. The monoisotopic (exact) mass is 237 g/mol. The molecule has 4 bridgehead atoms. The highest BCUT2D eigenvalue weighted by Crippen LogP contribution is 2.58. The van der Waals surface area contributed by atoms with Gasteiger partial charge in [-0.15, -0.1) is 0 Å². The lowest BCUT2D eigenvalue weighted by Crippen LogP contribution is -2.49. The van der Waals surface area contributed by atoms with E-state index in [9.17, 15) is 5.11 Å². The number of rotatable bonds is 4. The number of hydrogen-bond acceptors (Lipinski definition) is 2. The highest BCUT2D eigenvalue weighted by Gasteiger charge is 2.49. The Kier molecular flexibility index (Phi) is 2.99. The van der Waals surface area contributed by atoms with Gasteiger partial charge in [0.05, 0.1) is 5.60 Å². The predicted molar refractivity (Wildman–Crippen MR) is 69.7 cm³/mol. The number of likely N-dealkylation sites (N-methyl/N-ethyl adjacent to an activating group) is 1. The summed E-state index contributed by atoms with van der Waals surface area (Å²) in [7, 11) is 1.94. The molecule has 0 aromatic carbocycles. The fourth-order valence-corrected chi connectivity index (χ4v) is 5.33. The van der Waals surface area contributed by atoms with Crippen LogP contribution < -0.4 is 5.32 Å². The lowest BCUT2D eigenvalue weighted by molar-refractivity contribution is -0.0742. The van der Waals surface area contributed by atoms with Crippen LogP contribution in [0.25, 0.3) is 0 Å². The minimum Gasteiger partial charge on any atom is -0.389 e. The summed E-state index contributed by atoms with van der Waals surface area (Å²) in [4.78, 5) is 0. The van der Waals surface area contributed by atoms with Crippen LogP contribution in [0, 0.1) is 29.6 Å². The van der Waals surface area contributed by atoms with Crippen molar-refractivity contribution < 1.29 is 5.11 Å². The Labute approximate surface area is 105 Å². The zero-order valence-corrected chi connectivity index (χ0v) is 11.3. The number of hydrogen-bond donors (Lipinski definition) is 2. The van der Waals surface area contributed by atoms with Gasteiger partial charge in [0.25, 0.3) is 0 Å². The van der Waals surface area contributed by atoms with Crippen molar-refractivity contribution >= 4 is 0 Å². The Bertz CT molecular complexity index is 259. The van der Waals surface area contributed by atoms with Crippen LogP contribution in [0.15, 0.2) is 0 Å². The summed E-state index contributed by atoms with van der Waals surface area (Å²) in [6, 6.07) is 0. The van der Waals surface area contributed by atoms with Crippen molar-refractivity contribution in [1.82, 2.24) is 5.32 Å². The Morgan fingerprint density at radius 3 is 2.06 bits per heavy atom. The maximum absolute atomic E-state index is 10.4. The number of nitrogens with one attached hydrogen (secondary N) is 1. The van der Waals surface area contributed by atoms with E-state index >= 15 is 0 Å². The Hall–Kier alpha value is -0.0800. The molecule has 0 radical (unpaired) electrons. The SMILES string of the molecule is CNCC(C)(O)CC1C2CC3CC(C2)CC1C3. The normalized spacial score (nSPS) is 47.1. The molecule has 0 aromatic heterocycles. The third-order valence-electron chi connectivity index (χ3n) is 5.66. The smallest absolute Gasteiger partial charge is 0.0746 e. The summed E-state index contributed by atoms with van der Waals surface area (Å²) in [6.45, 7) is 2.74. The molecule has 1 atom stereocenters. The fourth-order valence-electron chi connectivity index (χ4n) is 5.33. The van der Waals surface area contributed by atoms with Gasteiger partial charge >= 0.3 is 0 Å². The molecule has 0 saturated heterocycles. The first kappa shape index (κ1) is 12.0. The molecule has 0 aliphatic heterocycles. The Morgan fingerprint density at radius 1 is 1.06 bits per heavy atom. The second-order valence-corrected chi connectivity index (χ2v) is 7.33. The third kappa shape index (κ3) is 2.26. The van der Waals surface area contributed by atoms with Gasteiger partial charge in [0.2, 0.25) is 0 Å². The Balaban J connectivity index is 1.68. The van der Waals surface area contributed by atoms with Gasteiger partial charge in [0.1, 0.15) is 0 Å². The van der Waals surface area contributed by atoms with Gasteiger partial charge < -0.3 is 10.4 Å².